The zero-order chi connectivity index (χ0) is 12.3. The quantitative estimate of drug-likeness (QED) is 0.875. The summed E-state index contributed by atoms with van der Waals surface area (Å²) in [6.07, 6.45) is 0.550. The van der Waals surface area contributed by atoms with Gasteiger partial charge in [0, 0.05) is 35.9 Å². The van der Waals surface area contributed by atoms with Gasteiger partial charge in [-0.15, -0.1) is 0 Å². The van der Waals surface area contributed by atoms with E-state index in [1.807, 2.05) is 24.3 Å². The number of nitriles is 1. The molecule has 0 aromatic heterocycles. The van der Waals surface area contributed by atoms with E-state index in [1.165, 1.54) is 5.69 Å². The molecule has 1 heterocycles. The van der Waals surface area contributed by atoms with E-state index in [0.29, 0.717) is 12.5 Å². The van der Waals surface area contributed by atoms with Crippen molar-refractivity contribution in [1.82, 2.24) is 5.32 Å². The van der Waals surface area contributed by atoms with Gasteiger partial charge in [-0.2, -0.15) is 5.26 Å². The van der Waals surface area contributed by atoms with Crippen LogP contribution in [0.5, 0.6) is 0 Å². The Balaban J connectivity index is 2.10. The molecule has 17 heavy (non-hydrogen) atoms. The van der Waals surface area contributed by atoms with Gasteiger partial charge in [0.2, 0.25) is 0 Å². The van der Waals surface area contributed by atoms with E-state index >= 15 is 0 Å². The number of benzene rings is 1. The fourth-order valence-electron chi connectivity index (χ4n) is 2.28. The van der Waals surface area contributed by atoms with Crippen molar-refractivity contribution >= 4 is 17.3 Å². The second-order valence-corrected chi connectivity index (χ2v) is 4.94. The molecule has 2 rings (SSSR count). The van der Waals surface area contributed by atoms with Crippen LogP contribution < -0.4 is 10.2 Å². The van der Waals surface area contributed by atoms with Crippen molar-refractivity contribution in [2.45, 2.75) is 25.4 Å². The van der Waals surface area contributed by atoms with Crippen LogP contribution in [0.3, 0.4) is 0 Å². The highest BCUT2D eigenvalue weighted by molar-refractivity contribution is 6.30. The van der Waals surface area contributed by atoms with Gasteiger partial charge in [-0.25, -0.2) is 0 Å². The van der Waals surface area contributed by atoms with Gasteiger partial charge in [0.1, 0.15) is 0 Å². The molecule has 1 aromatic carbocycles. The summed E-state index contributed by atoms with van der Waals surface area (Å²) in [5.74, 6) is 0. The highest BCUT2D eigenvalue weighted by Crippen LogP contribution is 2.20. The lowest BCUT2D eigenvalue weighted by Crippen LogP contribution is -2.55. The molecule has 1 aromatic rings. The van der Waals surface area contributed by atoms with Crippen LogP contribution in [0.25, 0.3) is 0 Å². The molecule has 4 heteroatoms. The topological polar surface area (TPSA) is 39.1 Å². The third-order valence-corrected chi connectivity index (χ3v) is 3.24. The van der Waals surface area contributed by atoms with E-state index in [2.05, 4.69) is 23.2 Å². The molecule has 1 fully saturated rings. The molecule has 2 unspecified atom stereocenters. The second kappa shape index (κ2) is 5.39. The molecular weight excluding hydrogens is 234 g/mol. The molecule has 0 radical (unpaired) electrons. The standard InChI is InChI=1S/C13H16ClN3/c1-10-8-17(9-12(16-10)6-7-15)13-4-2-11(14)3-5-13/h2-5,10,12,16H,6,8-9H2,1H3. The SMILES string of the molecule is CC1CN(c2ccc(Cl)cc2)CC(CC#N)N1. The maximum absolute atomic E-state index is 8.77. The third-order valence-electron chi connectivity index (χ3n) is 2.98. The first-order valence-electron chi connectivity index (χ1n) is 5.82. The van der Waals surface area contributed by atoms with Crippen molar-refractivity contribution in [3.63, 3.8) is 0 Å². The lowest BCUT2D eigenvalue weighted by atomic mass is 10.1. The van der Waals surface area contributed by atoms with E-state index < -0.39 is 0 Å². The molecule has 0 saturated carbocycles. The van der Waals surface area contributed by atoms with Crippen molar-refractivity contribution < 1.29 is 0 Å². The van der Waals surface area contributed by atoms with Gasteiger partial charge in [-0.05, 0) is 31.2 Å². The summed E-state index contributed by atoms with van der Waals surface area (Å²) in [4.78, 5) is 2.31. The summed E-state index contributed by atoms with van der Waals surface area (Å²) in [7, 11) is 0. The summed E-state index contributed by atoms with van der Waals surface area (Å²) < 4.78 is 0. The molecular formula is C13H16ClN3. The van der Waals surface area contributed by atoms with Gasteiger partial charge in [0.05, 0.1) is 12.5 Å². The Labute approximate surface area is 107 Å². The zero-order valence-electron chi connectivity index (χ0n) is 9.86. The molecule has 2 atom stereocenters. The van der Waals surface area contributed by atoms with Crippen LogP contribution in [0.4, 0.5) is 5.69 Å². The average Bonchev–Trinajstić information content (AvgIpc) is 2.29. The fraction of sp³-hybridized carbons (Fsp3) is 0.462. The molecule has 1 saturated heterocycles. The Morgan fingerprint density at radius 1 is 1.41 bits per heavy atom. The van der Waals surface area contributed by atoms with Crippen LogP contribution in [-0.4, -0.2) is 25.2 Å². The third kappa shape index (κ3) is 3.12. The van der Waals surface area contributed by atoms with E-state index in [-0.39, 0.29) is 6.04 Å². The molecule has 0 aliphatic carbocycles. The molecule has 1 aliphatic heterocycles. The summed E-state index contributed by atoms with van der Waals surface area (Å²) in [6, 6.07) is 10.8. The molecule has 1 N–H and O–H groups in total. The number of nitrogens with one attached hydrogen (secondary N) is 1. The molecule has 0 spiro atoms. The molecule has 1 aliphatic rings. The first-order valence-corrected chi connectivity index (χ1v) is 6.20. The highest BCUT2D eigenvalue weighted by atomic mass is 35.5. The zero-order valence-corrected chi connectivity index (χ0v) is 10.6. The first-order chi connectivity index (χ1) is 8.19. The fourth-order valence-corrected chi connectivity index (χ4v) is 2.40. The van der Waals surface area contributed by atoms with E-state index in [9.17, 15) is 0 Å². The van der Waals surface area contributed by atoms with Crippen LogP contribution in [0, 0.1) is 11.3 Å². The van der Waals surface area contributed by atoms with Crippen LogP contribution >= 0.6 is 11.6 Å². The van der Waals surface area contributed by atoms with E-state index in [0.717, 1.165) is 18.1 Å². The van der Waals surface area contributed by atoms with Gasteiger partial charge in [-0.1, -0.05) is 11.6 Å². The largest absolute Gasteiger partial charge is 0.368 e. The number of hydrogen-bond donors (Lipinski definition) is 1. The predicted octanol–water partition coefficient (Wildman–Crippen LogP) is 2.42. The minimum absolute atomic E-state index is 0.249. The van der Waals surface area contributed by atoms with E-state index in [4.69, 9.17) is 16.9 Å². The second-order valence-electron chi connectivity index (χ2n) is 4.51. The minimum Gasteiger partial charge on any atom is -0.368 e. The van der Waals surface area contributed by atoms with Gasteiger partial charge in [0.25, 0.3) is 0 Å². The lowest BCUT2D eigenvalue weighted by molar-refractivity contribution is 0.391. The van der Waals surface area contributed by atoms with Crippen LogP contribution in [-0.2, 0) is 0 Å². The Kier molecular flexibility index (Phi) is 3.88. The Bertz CT molecular complexity index is 410. The number of piperazine rings is 1. The van der Waals surface area contributed by atoms with Crippen molar-refractivity contribution in [1.29, 1.82) is 5.26 Å². The highest BCUT2D eigenvalue weighted by Gasteiger charge is 2.23. The van der Waals surface area contributed by atoms with Gasteiger partial charge >= 0.3 is 0 Å². The predicted molar refractivity (Wildman–Crippen MR) is 70.3 cm³/mol. The normalized spacial score (nSPS) is 24.4. The van der Waals surface area contributed by atoms with Crippen molar-refractivity contribution in [3.05, 3.63) is 29.3 Å². The number of rotatable bonds is 2. The summed E-state index contributed by atoms with van der Waals surface area (Å²) in [5.41, 5.74) is 1.17. The molecule has 3 nitrogen and oxygen atoms in total. The van der Waals surface area contributed by atoms with Crippen LogP contribution in [0.1, 0.15) is 13.3 Å². The number of halogens is 1. The van der Waals surface area contributed by atoms with Crippen LogP contribution in [0.2, 0.25) is 5.02 Å². The minimum atomic E-state index is 0.249. The monoisotopic (exact) mass is 249 g/mol. The van der Waals surface area contributed by atoms with Crippen LogP contribution in [0.15, 0.2) is 24.3 Å². The van der Waals surface area contributed by atoms with Gasteiger partial charge in [-0.3, -0.25) is 0 Å². The van der Waals surface area contributed by atoms with Crippen molar-refractivity contribution in [2.75, 3.05) is 18.0 Å². The van der Waals surface area contributed by atoms with Crippen molar-refractivity contribution in [3.8, 4) is 6.07 Å². The molecule has 0 bridgehead atoms. The maximum Gasteiger partial charge on any atom is 0.0638 e. The number of hydrogen-bond acceptors (Lipinski definition) is 3. The first kappa shape index (κ1) is 12.2. The summed E-state index contributed by atoms with van der Waals surface area (Å²) in [6.45, 7) is 3.98. The average molecular weight is 250 g/mol. The summed E-state index contributed by atoms with van der Waals surface area (Å²) in [5, 5.41) is 13.0. The Morgan fingerprint density at radius 2 is 2.12 bits per heavy atom. The van der Waals surface area contributed by atoms with E-state index in [1.54, 1.807) is 0 Å². The molecule has 90 valence electrons. The maximum atomic E-state index is 8.77. The Morgan fingerprint density at radius 3 is 2.76 bits per heavy atom. The smallest absolute Gasteiger partial charge is 0.0638 e. The summed E-state index contributed by atoms with van der Waals surface area (Å²) >= 11 is 5.88. The van der Waals surface area contributed by atoms with Gasteiger partial charge < -0.3 is 10.2 Å². The van der Waals surface area contributed by atoms with Gasteiger partial charge in [0.15, 0.2) is 0 Å². The lowest BCUT2D eigenvalue weighted by Gasteiger charge is -2.38. The number of anilines is 1. The molecule has 0 amide bonds. The Hall–Kier alpha value is -1.24. The number of nitrogens with zero attached hydrogens (tertiary/aromatic N) is 2. The van der Waals surface area contributed by atoms with Crippen molar-refractivity contribution in [2.24, 2.45) is 0 Å².